The molecule has 0 unspecified atom stereocenters. The second kappa shape index (κ2) is 7.24. The minimum absolute atomic E-state index is 0.0475. The Morgan fingerprint density at radius 1 is 1.43 bits per heavy atom. The maximum absolute atomic E-state index is 12.5. The van der Waals surface area contributed by atoms with Crippen molar-refractivity contribution in [2.24, 2.45) is 0 Å². The van der Waals surface area contributed by atoms with Gasteiger partial charge >= 0.3 is 0 Å². The fourth-order valence-electron chi connectivity index (χ4n) is 2.11. The molecule has 0 atom stereocenters. The van der Waals surface area contributed by atoms with Crippen LogP contribution in [0.1, 0.15) is 35.6 Å². The molecule has 1 aromatic carbocycles. The number of nitrogens with zero attached hydrogens (tertiary/aromatic N) is 2. The Bertz CT molecular complexity index is 685. The summed E-state index contributed by atoms with van der Waals surface area (Å²) < 4.78 is 3.77. The van der Waals surface area contributed by atoms with Crippen molar-refractivity contribution in [3.05, 3.63) is 48.2 Å². The van der Waals surface area contributed by atoms with E-state index in [2.05, 4.69) is 50.5 Å². The third-order valence-corrected chi connectivity index (χ3v) is 5.75. The van der Waals surface area contributed by atoms with Gasteiger partial charge in [-0.3, -0.25) is 9.48 Å². The summed E-state index contributed by atoms with van der Waals surface area (Å²) in [4.78, 5) is 12.5. The van der Waals surface area contributed by atoms with Crippen molar-refractivity contribution >= 4 is 55.9 Å². The Balaban J connectivity index is 2.31. The van der Waals surface area contributed by atoms with Crippen LogP contribution < -0.4 is 0 Å². The van der Waals surface area contributed by atoms with Crippen molar-refractivity contribution in [2.45, 2.75) is 33.2 Å². The lowest BCUT2D eigenvalue weighted by molar-refractivity contribution is 0.0990. The second-order valence-electron chi connectivity index (χ2n) is 4.61. The van der Waals surface area contributed by atoms with Crippen molar-refractivity contribution < 1.29 is 4.79 Å². The molecule has 0 spiro atoms. The van der Waals surface area contributed by atoms with Crippen LogP contribution in [0.4, 0.5) is 0 Å². The molecule has 2 rings (SSSR count). The van der Waals surface area contributed by atoms with E-state index in [4.69, 9.17) is 11.6 Å². The summed E-state index contributed by atoms with van der Waals surface area (Å²) in [6.07, 6.45) is 1.16. The molecule has 0 N–H and O–H groups in total. The first-order chi connectivity index (χ1) is 9.97. The van der Waals surface area contributed by atoms with Crippen molar-refractivity contribution in [1.82, 2.24) is 9.78 Å². The Kier molecular flexibility index (Phi) is 5.85. The first-order valence-electron chi connectivity index (χ1n) is 6.70. The van der Waals surface area contributed by atoms with Gasteiger partial charge in [-0.1, -0.05) is 24.6 Å². The van der Waals surface area contributed by atoms with Crippen LogP contribution >= 0.6 is 50.1 Å². The lowest BCUT2D eigenvalue weighted by atomic mass is 10.1. The second-order valence-corrected chi connectivity index (χ2v) is 6.97. The average molecular weight is 482 g/mol. The van der Waals surface area contributed by atoms with Crippen LogP contribution in [0.25, 0.3) is 0 Å². The summed E-state index contributed by atoms with van der Waals surface area (Å²) in [6, 6.07) is 5.41. The topological polar surface area (TPSA) is 34.9 Å². The Morgan fingerprint density at radius 2 is 2.14 bits per heavy atom. The fourth-order valence-corrected chi connectivity index (χ4v) is 3.33. The number of halogens is 3. The maximum Gasteiger partial charge on any atom is 0.168 e. The maximum atomic E-state index is 12.5. The van der Waals surface area contributed by atoms with E-state index in [9.17, 15) is 4.79 Å². The number of hydrogen-bond acceptors (Lipinski definition) is 2. The van der Waals surface area contributed by atoms with Crippen LogP contribution in [0.2, 0.25) is 5.02 Å². The predicted molar refractivity (Wildman–Crippen MR) is 97.2 cm³/mol. The minimum atomic E-state index is 0.0475. The number of ketones is 1. The molecule has 0 saturated carbocycles. The van der Waals surface area contributed by atoms with Gasteiger partial charge in [-0.25, -0.2) is 0 Å². The molecular formula is C15H15BrClIN2O. The van der Waals surface area contributed by atoms with E-state index in [1.54, 1.807) is 6.07 Å². The molecule has 0 saturated heterocycles. The van der Waals surface area contributed by atoms with Gasteiger partial charge in [0.15, 0.2) is 5.78 Å². The number of rotatable bonds is 5. The summed E-state index contributed by atoms with van der Waals surface area (Å²) in [5.41, 5.74) is 2.54. The summed E-state index contributed by atoms with van der Waals surface area (Å²) in [5, 5.41) is 5.13. The molecule has 0 bridgehead atoms. The van der Waals surface area contributed by atoms with Gasteiger partial charge in [-0.15, -0.1) is 0 Å². The van der Waals surface area contributed by atoms with E-state index >= 15 is 0 Å². The number of Topliss-reactive ketones (excluding diaryl/α,β-unsaturated/α-hetero) is 1. The zero-order valence-electron chi connectivity index (χ0n) is 11.8. The Labute approximate surface area is 151 Å². The standard InChI is InChI=1S/C15H15BrClIN2O/c1-3-12-15(16)13(20(4-2)19-12)8-14(21)9-5-6-11(18)10(17)7-9/h5-7H,3-4,8H2,1-2H3. The molecule has 0 amide bonds. The third-order valence-electron chi connectivity index (χ3n) is 3.26. The highest BCUT2D eigenvalue weighted by Gasteiger charge is 2.18. The van der Waals surface area contributed by atoms with Crippen molar-refractivity contribution in [1.29, 1.82) is 0 Å². The largest absolute Gasteiger partial charge is 0.294 e. The minimum Gasteiger partial charge on any atom is -0.294 e. The van der Waals surface area contributed by atoms with E-state index in [1.165, 1.54) is 0 Å². The lowest BCUT2D eigenvalue weighted by Crippen LogP contribution is -2.10. The average Bonchev–Trinajstić information content (AvgIpc) is 2.78. The van der Waals surface area contributed by atoms with Gasteiger partial charge in [0, 0.05) is 15.7 Å². The lowest BCUT2D eigenvalue weighted by Gasteiger charge is -2.06. The van der Waals surface area contributed by atoms with Crippen LogP contribution in [0, 0.1) is 3.57 Å². The molecule has 0 aliphatic heterocycles. The highest BCUT2D eigenvalue weighted by molar-refractivity contribution is 14.1. The zero-order chi connectivity index (χ0) is 15.6. The van der Waals surface area contributed by atoms with E-state index in [0.29, 0.717) is 17.0 Å². The van der Waals surface area contributed by atoms with Gasteiger partial charge < -0.3 is 0 Å². The summed E-state index contributed by atoms with van der Waals surface area (Å²) in [6.45, 7) is 4.82. The molecule has 3 nitrogen and oxygen atoms in total. The molecule has 6 heteroatoms. The summed E-state index contributed by atoms with van der Waals surface area (Å²) >= 11 is 11.8. The first kappa shape index (κ1) is 17.0. The predicted octanol–water partition coefficient (Wildman–Crippen LogP) is 4.91. The van der Waals surface area contributed by atoms with E-state index in [0.717, 1.165) is 32.4 Å². The third kappa shape index (κ3) is 3.68. The van der Waals surface area contributed by atoms with Crippen molar-refractivity contribution in [3.8, 4) is 0 Å². The van der Waals surface area contributed by atoms with Gasteiger partial charge in [0.1, 0.15) is 0 Å². The van der Waals surface area contributed by atoms with Crippen molar-refractivity contribution in [2.75, 3.05) is 0 Å². The highest BCUT2D eigenvalue weighted by Crippen LogP contribution is 2.25. The number of hydrogen-bond donors (Lipinski definition) is 0. The molecule has 0 fully saturated rings. The molecule has 21 heavy (non-hydrogen) atoms. The van der Waals surface area contributed by atoms with E-state index < -0.39 is 0 Å². The zero-order valence-corrected chi connectivity index (χ0v) is 16.3. The number of benzene rings is 1. The Hall–Kier alpha value is -0.400. The van der Waals surface area contributed by atoms with Crippen LogP contribution in [0.15, 0.2) is 22.7 Å². The molecule has 1 heterocycles. The molecule has 0 aliphatic rings. The SMILES string of the molecule is CCc1nn(CC)c(CC(=O)c2ccc(I)c(Cl)c2)c1Br. The van der Waals surface area contributed by atoms with Crippen LogP contribution in [-0.2, 0) is 19.4 Å². The number of aryl methyl sites for hydroxylation is 2. The van der Waals surface area contributed by atoms with Crippen LogP contribution in [-0.4, -0.2) is 15.6 Å². The quantitative estimate of drug-likeness (QED) is 0.449. The molecule has 0 aliphatic carbocycles. The van der Waals surface area contributed by atoms with E-state index in [1.807, 2.05) is 23.7 Å². The molecular weight excluding hydrogens is 466 g/mol. The normalized spacial score (nSPS) is 10.9. The van der Waals surface area contributed by atoms with Gasteiger partial charge in [0.25, 0.3) is 0 Å². The van der Waals surface area contributed by atoms with Gasteiger partial charge in [0.05, 0.1) is 27.3 Å². The van der Waals surface area contributed by atoms with Crippen LogP contribution in [0.5, 0.6) is 0 Å². The number of carbonyl (C=O) groups is 1. The van der Waals surface area contributed by atoms with Gasteiger partial charge in [-0.05, 0) is 64.0 Å². The molecule has 1 aromatic heterocycles. The highest BCUT2D eigenvalue weighted by atomic mass is 127. The van der Waals surface area contributed by atoms with E-state index in [-0.39, 0.29) is 5.78 Å². The smallest absolute Gasteiger partial charge is 0.168 e. The summed E-state index contributed by atoms with van der Waals surface area (Å²) in [5.74, 6) is 0.0475. The fraction of sp³-hybridized carbons (Fsp3) is 0.333. The van der Waals surface area contributed by atoms with Crippen LogP contribution in [0.3, 0.4) is 0 Å². The van der Waals surface area contributed by atoms with Gasteiger partial charge in [-0.2, -0.15) is 5.10 Å². The first-order valence-corrected chi connectivity index (χ1v) is 8.95. The number of aromatic nitrogens is 2. The van der Waals surface area contributed by atoms with Crippen molar-refractivity contribution in [3.63, 3.8) is 0 Å². The Morgan fingerprint density at radius 3 is 2.71 bits per heavy atom. The molecule has 112 valence electrons. The summed E-state index contributed by atoms with van der Waals surface area (Å²) in [7, 11) is 0. The monoisotopic (exact) mass is 480 g/mol. The molecule has 2 aromatic rings. The van der Waals surface area contributed by atoms with Gasteiger partial charge in [0.2, 0.25) is 0 Å². The molecule has 0 radical (unpaired) electrons. The number of carbonyl (C=O) groups excluding carboxylic acids is 1.